The number of nitrogens with one attached hydrogen (secondary N) is 2. The van der Waals surface area contributed by atoms with Crippen molar-refractivity contribution in [3.63, 3.8) is 0 Å². The molecule has 7 heterocycles. The van der Waals surface area contributed by atoms with Crippen molar-refractivity contribution in [3.05, 3.63) is 117 Å². The number of fused-ring (bicyclic) bond motifs is 1. The Morgan fingerprint density at radius 1 is 0.900 bits per heavy atom. The van der Waals surface area contributed by atoms with Gasteiger partial charge in [-0.1, -0.05) is 24.3 Å². The van der Waals surface area contributed by atoms with Crippen molar-refractivity contribution in [1.29, 1.82) is 0 Å². The standard InChI is InChI=1S/C31H26N6OS2/c1-2-8-21-20(7-1)19-22(35-21)27-29(36-14-3-4-15-36)26(30-32-13-18-40-30)25(24-10-6-17-39-24)28(23-9-5-16-38-23)37(27)31-33-11-12-34-31/h1-2,5-13,16-19,28,35H,3-4,14-15H2,(H,33,34). The van der Waals surface area contributed by atoms with Crippen LogP contribution in [0.15, 0.2) is 100 Å². The van der Waals surface area contributed by atoms with Crippen molar-refractivity contribution in [2.45, 2.75) is 18.9 Å². The zero-order chi connectivity index (χ0) is 26.5. The summed E-state index contributed by atoms with van der Waals surface area (Å²) in [6, 6.07) is 18.8. The molecule has 1 aromatic carbocycles. The van der Waals surface area contributed by atoms with E-state index in [0.29, 0.717) is 0 Å². The van der Waals surface area contributed by atoms with Crippen LogP contribution in [-0.2, 0) is 0 Å². The molecule has 40 heavy (non-hydrogen) atoms. The lowest BCUT2D eigenvalue weighted by molar-refractivity contribution is 0.439. The monoisotopic (exact) mass is 562 g/mol. The van der Waals surface area contributed by atoms with Gasteiger partial charge in [-0.15, -0.1) is 22.7 Å². The molecule has 5 aromatic heterocycles. The fourth-order valence-electron chi connectivity index (χ4n) is 6.05. The lowest BCUT2D eigenvalue weighted by atomic mass is 9.87. The average molecular weight is 563 g/mol. The minimum absolute atomic E-state index is 0.272. The molecule has 1 unspecified atom stereocenters. The second kappa shape index (κ2) is 9.69. The van der Waals surface area contributed by atoms with Gasteiger partial charge in [-0.3, -0.25) is 4.90 Å². The summed E-state index contributed by atoms with van der Waals surface area (Å²) < 4.78 is 6.22. The van der Waals surface area contributed by atoms with E-state index in [1.165, 1.54) is 21.5 Å². The second-order valence-corrected chi connectivity index (χ2v) is 11.8. The van der Waals surface area contributed by atoms with Crippen molar-refractivity contribution >= 4 is 56.4 Å². The van der Waals surface area contributed by atoms with Gasteiger partial charge >= 0.3 is 0 Å². The number of thiophene rings is 1. The number of nitrogens with zero attached hydrogens (tertiary/aromatic N) is 4. The molecule has 0 aliphatic carbocycles. The molecule has 9 heteroatoms. The third-order valence-corrected chi connectivity index (χ3v) is 9.36. The summed E-state index contributed by atoms with van der Waals surface area (Å²) in [4.78, 5) is 23.0. The van der Waals surface area contributed by atoms with Gasteiger partial charge < -0.3 is 19.3 Å². The number of hydrogen-bond acceptors (Lipinski definition) is 7. The molecular weight excluding hydrogens is 537 g/mol. The first-order valence-corrected chi connectivity index (χ1v) is 15.2. The highest BCUT2D eigenvalue weighted by atomic mass is 32.1. The largest absolute Gasteiger partial charge is 0.467 e. The van der Waals surface area contributed by atoms with Crippen molar-refractivity contribution in [3.8, 4) is 0 Å². The Labute approximate surface area is 239 Å². The lowest BCUT2D eigenvalue weighted by Gasteiger charge is -2.42. The Bertz CT molecular complexity index is 1770. The summed E-state index contributed by atoms with van der Waals surface area (Å²) in [6.45, 7) is 1.98. The van der Waals surface area contributed by atoms with E-state index in [2.05, 4.69) is 79.1 Å². The fourth-order valence-corrected chi connectivity index (χ4v) is 7.55. The number of allylic oxidation sites excluding steroid dienone is 1. The molecule has 0 bridgehead atoms. The second-order valence-electron chi connectivity index (χ2n) is 9.97. The number of rotatable bonds is 6. The molecule has 8 rings (SSSR count). The Hall–Kier alpha value is -4.34. The number of benzene rings is 1. The van der Waals surface area contributed by atoms with Crippen LogP contribution < -0.4 is 4.90 Å². The molecule has 1 saturated heterocycles. The minimum Gasteiger partial charge on any atom is -0.467 e. The predicted molar refractivity (Wildman–Crippen MR) is 162 cm³/mol. The number of aromatic amines is 2. The van der Waals surface area contributed by atoms with E-state index in [1.54, 1.807) is 28.9 Å². The molecule has 1 atom stereocenters. The van der Waals surface area contributed by atoms with Crippen LogP contribution in [0.3, 0.4) is 0 Å². The highest BCUT2D eigenvalue weighted by Crippen LogP contribution is 2.54. The number of hydrogen-bond donors (Lipinski definition) is 2. The molecular formula is C31H26N6OS2. The van der Waals surface area contributed by atoms with E-state index < -0.39 is 0 Å². The lowest BCUT2D eigenvalue weighted by Crippen LogP contribution is -2.37. The van der Waals surface area contributed by atoms with E-state index in [9.17, 15) is 0 Å². The summed E-state index contributed by atoms with van der Waals surface area (Å²) in [5.41, 5.74) is 6.73. The van der Waals surface area contributed by atoms with Gasteiger partial charge in [0.1, 0.15) is 16.8 Å². The number of likely N-dealkylation sites (tertiary alicyclic amines) is 1. The van der Waals surface area contributed by atoms with Crippen LogP contribution in [0.25, 0.3) is 27.7 Å². The maximum Gasteiger partial charge on any atom is 0.208 e. The highest BCUT2D eigenvalue weighted by molar-refractivity contribution is 7.12. The zero-order valence-corrected chi connectivity index (χ0v) is 23.2. The van der Waals surface area contributed by atoms with E-state index in [1.807, 2.05) is 24.7 Å². The van der Waals surface area contributed by atoms with E-state index in [-0.39, 0.29) is 6.04 Å². The van der Waals surface area contributed by atoms with E-state index >= 15 is 0 Å². The molecule has 0 saturated carbocycles. The third kappa shape index (κ3) is 3.76. The molecule has 6 aromatic rings. The molecule has 0 spiro atoms. The van der Waals surface area contributed by atoms with Gasteiger partial charge in [0.15, 0.2) is 0 Å². The summed E-state index contributed by atoms with van der Waals surface area (Å²) in [6.07, 6.45) is 9.68. The quantitative estimate of drug-likeness (QED) is 0.218. The Kier molecular flexibility index (Phi) is 5.70. The average Bonchev–Trinajstić information content (AvgIpc) is 3.84. The highest BCUT2D eigenvalue weighted by Gasteiger charge is 2.44. The number of anilines is 1. The van der Waals surface area contributed by atoms with Gasteiger partial charge in [0.2, 0.25) is 5.95 Å². The third-order valence-electron chi connectivity index (χ3n) is 7.67. The Morgan fingerprint density at radius 3 is 2.55 bits per heavy atom. The summed E-state index contributed by atoms with van der Waals surface area (Å²) in [5.74, 6) is 1.61. The first-order chi connectivity index (χ1) is 19.9. The Balaban J connectivity index is 1.54. The van der Waals surface area contributed by atoms with Gasteiger partial charge in [0.25, 0.3) is 0 Å². The number of thiazole rings is 1. The molecule has 0 radical (unpaired) electrons. The zero-order valence-electron chi connectivity index (χ0n) is 21.6. The number of furan rings is 1. The maximum absolute atomic E-state index is 6.22. The van der Waals surface area contributed by atoms with Crippen LogP contribution in [0.2, 0.25) is 0 Å². The number of imidazole rings is 1. The molecule has 0 amide bonds. The van der Waals surface area contributed by atoms with E-state index in [0.717, 1.165) is 65.1 Å². The van der Waals surface area contributed by atoms with Gasteiger partial charge in [0, 0.05) is 64.0 Å². The van der Waals surface area contributed by atoms with Crippen LogP contribution in [0, 0.1) is 0 Å². The molecule has 2 N–H and O–H groups in total. The molecule has 1 fully saturated rings. The van der Waals surface area contributed by atoms with Crippen LogP contribution in [-0.4, -0.2) is 37.9 Å². The van der Waals surface area contributed by atoms with Crippen LogP contribution in [0.4, 0.5) is 5.95 Å². The maximum atomic E-state index is 6.22. The topological polar surface area (TPSA) is 77.0 Å². The van der Waals surface area contributed by atoms with Gasteiger partial charge in [0.05, 0.1) is 23.4 Å². The van der Waals surface area contributed by atoms with Crippen molar-refractivity contribution in [2.75, 3.05) is 18.0 Å². The van der Waals surface area contributed by atoms with Gasteiger partial charge in [-0.25, -0.2) is 9.97 Å². The number of H-pyrrole nitrogens is 2. The van der Waals surface area contributed by atoms with Crippen LogP contribution >= 0.6 is 22.7 Å². The molecule has 2 aliphatic heterocycles. The first-order valence-electron chi connectivity index (χ1n) is 13.4. The Morgan fingerprint density at radius 2 is 1.82 bits per heavy atom. The van der Waals surface area contributed by atoms with Crippen LogP contribution in [0.1, 0.15) is 40.2 Å². The fraction of sp³-hybridized carbons (Fsp3) is 0.161. The van der Waals surface area contributed by atoms with Gasteiger partial charge in [-0.05, 0) is 48.6 Å². The van der Waals surface area contributed by atoms with Gasteiger partial charge in [-0.2, -0.15) is 0 Å². The van der Waals surface area contributed by atoms with E-state index in [4.69, 9.17) is 14.4 Å². The smallest absolute Gasteiger partial charge is 0.208 e. The summed E-state index contributed by atoms with van der Waals surface area (Å²) in [5, 5.41) is 6.39. The minimum atomic E-state index is -0.272. The summed E-state index contributed by atoms with van der Waals surface area (Å²) >= 11 is 3.43. The molecule has 7 nitrogen and oxygen atoms in total. The number of aromatic nitrogens is 4. The summed E-state index contributed by atoms with van der Waals surface area (Å²) in [7, 11) is 0. The predicted octanol–water partition coefficient (Wildman–Crippen LogP) is 7.64. The molecule has 198 valence electrons. The first kappa shape index (κ1) is 23.5. The van der Waals surface area contributed by atoms with Crippen molar-refractivity contribution in [2.24, 2.45) is 0 Å². The molecule has 2 aliphatic rings. The van der Waals surface area contributed by atoms with Crippen LogP contribution in [0.5, 0.6) is 0 Å². The van der Waals surface area contributed by atoms with Crippen molar-refractivity contribution in [1.82, 2.24) is 24.8 Å². The van der Waals surface area contributed by atoms with Crippen molar-refractivity contribution < 1.29 is 4.42 Å². The SMILES string of the molecule is c1coc(C2C(c3cccs3)=C(c3nccs3)C(N3CCCC3)=C(c3cc4ccccc4[nH]3)N2c2ncc[nH]2)c1. The number of para-hydroxylation sites is 1. The normalized spacial score (nSPS) is 18.1.